The first-order valence-electron chi connectivity index (χ1n) is 3.39. The van der Waals surface area contributed by atoms with Crippen LogP contribution in [0.2, 0.25) is 0 Å². The SMILES string of the molecule is N#CCCc1c[c]c(O)cc1. The molecule has 1 rings (SSSR count). The fourth-order valence-corrected chi connectivity index (χ4v) is 0.805. The maximum absolute atomic E-state index is 8.86. The smallest absolute Gasteiger partial charge is 0.123 e. The summed E-state index contributed by atoms with van der Waals surface area (Å²) >= 11 is 0. The number of aryl methyl sites for hydroxylation is 1. The van der Waals surface area contributed by atoms with E-state index in [0.29, 0.717) is 6.42 Å². The molecule has 0 aliphatic rings. The Kier molecular flexibility index (Phi) is 2.51. The Morgan fingerprint density at radius 2 is 2.36 bits per heavy atom. The number of phenolic OH excluding ortho intramolecular Hbond substituents is 1. The minimum atomic E-state index is 0.144. The van der Waals surface area contributed by atoms with Crippen LogP contribution in [0.15, 0.2) is 18.2 Å². The van der Waals surface area contributed by atoms with E-state index in [0.717, 1.165) is 12.0 Å². The molecule has 0 amide bonds. The Bertz CT molecular complexity index is 258. The predicted octanol–water partition coefficient (Wildman–Crippen LogP) is 1.65. The summed E-state index contributed by atoms with van der Waals surface area (Å²) in [5, 5.41) is 17.1. The molecule has 0 heterocycles. The average molecular weight is 146 g/mol. The van der Waals surface area contributed by atoms with Crippen LogP contribution in [0, 0.1) is 17.4 Å². The molecule has 0 aromatic heterocycles. The van der Waals surface area contributed by atoms with Crippen LogP contribution in [0.3, 0.4) is 0 Å². The Balaban J connectivity index is 2.60. The lowest BCUT2D eigenvalue weighted by Crippen LogP contribution is -1.81. The van der Waals surface area contributed by atoms with Gasteiger partial charge in [0, 0.05) is 12.5 Å². The van der Waals surface area contributed by atoms with Crippen molar-refractivity contribution in [2.75, 3.05) is 0 Å². The standard InChI is InChI=1S/C9H8NO/c10-7-1-2-8-3-5-9(11)6-4-8/h3-5,11H,1-2H2. The number of nitriles is 1. The minimum absolute atomic E-state index is 0.144. The maximum atomic E-state index is 8.86. The van der Waals surface area contributed by atoms with E-state index in [1.54, 1.807) is 18.2 Å². The highest BCUT2D eigenvalue weighted by Gasteiger charge is 1.91. The third-order valence-corrected chi connectivity index (χ3v) is 1.39. The second-order valence-electron chi connectivity index (χ2n) is 2.24. The van der Waals surface area contributed by atoms with Crippen molar-refractivity contribution >= 4 is 0 Å². The first-order valence-corrected chi connectivity index (χ1v) is 3.39. The van der Waals surface area contributed by atoms with Crippen molar-refractivity contribution in [2.45, 2.75) is 12.8 Å². The molecule has 0 aliphatic heterocycles. The van der Waals surface area contributed by atoms with Gasteiger partial charge in [0.1, 0.15) is 5.75 Å². The normalized spacial score (nSPS) is 9.00. The van der Waals surface area contributed by atoms with Crippen LogP contribution in [0.1, 0.15) is 12.0 Å². The molecule has 1 aromatic carbocycles. The lowest BCUT2D eigenvalue weighted by atomic mass is 10.1. The quantitative estimate of drug-likeness (QED) is 0.689. The second-order valence-corrected chi connectivity index (χ2v) is 2.24. The topological polar surface area (TPSA) is 44.0 Å². The van der Waals surface area contributed by atoms with Gasteiger partial charge in [-0.15, -0.1) is 0 Å². The van der Waals surface area contributed by atoms with Gasteiger partial charge in [-0.3, -0.25) is 0 Å². The summed E-state index contributed by atoms with van der Waals surface area (Å²) in [6, 6.07) is 9.78. The molecular formula is C9H8NO. The molecule has 1 N–H and O–H groups in total. The van der Waals surface area contributed by atoms with Crippen LogP contribution >= 0.6 is 0 Å². The van der Waals surface area contributed by atoms with Crippen molar-refractivity contribution in [3.8, 4) is 11.8 Å². The molecule has 1 radical (unpaired) electrons. The van der Waals surface area contributed by atoms with E-state index in [1.807, 2.05) is 0 Å². The summed E-state index contributed by atoms with van der Waals surface area (Å²) in [4.78, 5) is 0. The monoisotopic (exact) mass is 146 g/mol. The van der Waals surface area contributed by atoms with Gasteiger partial charge >= 0.3 is 0 Å². The van der Waals surface area contributed by atoms with Crippen LogP contribution in [-0.2, 0) is 6.42 Å². The Hall–Kier alpha value is -1.49. The second kappa shape index (κ2) is 3.62. The van der Waals surface area contributed by atoms with Gasteiger partial charge in [-0.2, -0.15) is 5.26 Å². The molecule has 2 nitrogen and oxygen atoms in total. The number of hydrogen-bond acceptors (Lipinski definition) is 2. The summed E-state index contributed by atoms with van der Waals surface area (Å²) in [6.45, 7) is 0. The molecule has 0 aliphatic carbocycles. The number of benzene rings is 1. The lowest BCUT2D eigenvalue weighted by molar-refractivity contribution is 0.474. The number of rotatable bonds is 2. The van der Waals surface area contributed by atoms with Crippen molar-refractivity contribution in [1.82, 2.24) is 0 Å². The average Bonchev–Trinajstić information content (AvgIpc) is 2.04. The summed E-state index contributed by atoms with van der Waals surface area (Å²) in [7, 11) is 0. The van der Waals surface area contributed by atoms with Crippen LogP contribution in [0.5, 0.6) is 5.75 Å². The number of hydrogen-bond donors (Lipinski definition) is 1. The van der Waals surface area contributed by atoms with E-state index in [2.05, 4.69) is 12.1 Å². The van der Waals surface area contributed by atoms with Gasteiger partial charge in [-0.05, 0) is 24.1 Å². The molecule has 0 spiro atoms. The lowest BCUT2D eigenvalue weighted by Gasteiger charge is -1.95. The van der Waals surface area contributed by atoms with Crippen LogP contribution in [0.4, 0.5) is 0 Å². The summed E-state index contributed by atoms with van der Waals surface area (Å²) < 4.78 is 0. The van der Waals surface area contributed by atoms with E-state index in [1.165, 1.54) is 0 Å². The molecule has 0 saturated carbocycles. The molecule has 0 bridgehead atoms. The van der Waals surface area contributed by atoms with E-state index in [9.17, 15) is 0 Å². The van der Waals surface area contributed by atoms with E-state index in [4.69, 9.17) is 10.4 Å². The third kappa shape index (κ3) is 2.30. The molecule has 0 unspecified atom stereocenters. The molecular weight excluding hydrogens is 138 g/mol. The zero-order valence-corrected chi connectivity index (χ0v) is 6.04. The van der Waals surface area contributed by atoms with Crippen LogP contribution in [0.25, 0.3) is 0 Å². The number of aromatic hydroxyl groups is 1. The van der Waals surface area contributed by atoms with Crippen molar-refractivity contribution < 1.29 is 5.11 Å². The molecule has 0 saturated heterocycles. The Morgan fingerprint density at radius 3 is 2.91 bits per heavy atom. The molecule has 0 fully saturated rings. The van der Waals surface area contributed by atoms with E-state index in [-0.39, 0.29) is 5.75 Å². The van der Waals surface area contributed by atoms with Crippen molar-refractivity contribution in [2.24, 2.45) is 0 Å². The van der Waals surface area contributed by atoms with Gasteiger partial charge in [0.15, 0.2) is 0 Å². The fraction of sp³-hybridized carbons (Fsp3) is 0.222. The van der Waals surface area contributed by atoms with Crippen molar-refractivity contribution in [3.05, 3.63) is 29.8 Å². The molecule has 0 atom stereocenters. The summed E-state index contributed by atoms with van der Waals surface area (Å²) in [6.07, 6.45) is 1.24. The number of phenols is 1. The minimum Gasteiger partial charge on any atom is -0.507 e. The van der Waals surface area contributed by atoms with Gasteiger partial charge in [0.2, 0.25) is 0 Å². The summed E-state index contributed by atoms with van der Waals surface area (Å²) in [5.41, 5.74) is 1.03. The highest BCUT2D eigenvalue weighted by Crippen LogP contribution is 2.09. The first-order chi connectivity index (χ1) is 5.33. The van der Waals surface area contributed by atoms with E-state index >= 15 is 0 Å². The third-order valence-electron chi connectivity index (χ3n) is 1.39. The van der Waals surface area contributed by atoms with Gasteiger partial charge in [0.25, 0.3) is 0 Å². The molecule has 11 heavy (non-hydrogen) atoms. The maximum Gasteiger partial charge on any atom is 0.123 e. The number of nitrogens with zero attached hydrogens (tertiary/aromatic N) is 1. The van der Waals surface area contributed by atoms with Crippen LogP contribution in [-0.4, -0.2) is 5.11 Å². The van der Waals surface area contributed by atoms with Crippen molar-refractivity contribution in [1.29, 1.82) is 5.26 Å². The zero-order valence-electron chi connectivity index (χ0n) is 6.04. The van der Waals surface area contributed by atoms with Crippen molar-refractivity contribution in [3.63, 3.8) is 0 Å². The van der Waals surface area contributed by atoms with Gasteiger partial charge in [-0.1, -0.05) is 6.07 Å². The van der Waals surface area contributed by atoms with Gasteiger partial charge in [-0.25, -0.2) is 0 Å². The highest BCUT2D eigenvalue weighted by molar-refractivity contribution is 5.24. The summed E-state index contributed by atoms with van der Waals surface area (Å²) in [5.74, 6) is 0.144. The fourth-order valence-electron chi connectivity index (χ4n) is 0.805. The molecule has 55 valence electrons. The van der Waals surface area contributed by atoms with Gasteiger partial charge in [0.05, 0.1) is 6.07 Å². The molecule has 2 heteroatoms. The predicted molar refractivity (Wildman–Crippen MR) is 40.9 cm³/mol. The Labute approximate surface area is 65.7 Å². The van der Waals surface area contributed by atoms with Gasteiger partial charge < -0.3 is 5.11 Å². The zero-order chi connectivity index (χ0) is 8.10. The molecule has 1 aromatic rings. The first kappa shape index (κ1) is 7.62. The van der Waals surface area contributed by atoms with Crippen LogP contribution < -0.4 is 0 Å². The Morgan fingerprint density at radius 1 is 1.55 bits per heavy atom. The largest absolute Gasteiger partial charge is 0.507 e. The van der Waals surface area contributed by atoms with E-state index < -0.39 is 0 Å². The highest BCUT2D eigenvalue weighted by atomic mass is 16.3.